The average Bonchev–Trinajstić information content (AvgIpc) is 2.85. The number of carbonyl (C=O) groups is 2. The van der Waals surface area contributed by atoms with Gasteiger partial charge in [-0.2, -0.15) is 0 Å². The van der Waals surface area contributed by atoms with Crippen molar-refractivity contribution in [3.8, 4) is 0 Å². The number of nitrogens with zero attached hydrogens (tertiary/aromatic N) is 3. The van der Waals surface area contributed by atoms with Gasteiger partial charge in [-0.15, -0.1) is 0 Å². The third kappa shape index (κ3) is 5.31. The zero-order valence-electron chi connectivity index (χ0n) is 19.2. The maximum atomic E-state index is 13.2. The molecule has 1 aromatic carbocycles. The molecule has 0 aromatic heterocycles. The summed E-state index contributed by atoms with van der Waals surface area (Å²) in [6.45, 7) is 7.83. The molecule has 31 heavy (non-hydrogen) atoms. The van der Waals surface area contributed by atoms with Crippen LogP contribution in [0.25, 0.3) is 0 Å². The zero-order valence-corrected chi connectivity index (χ0v) is 19.2. The lowest BCUT2D eigenvalue weighted by Crippen LogP contribution is -2.51. The van der Waals surface area contributed by atoms with Gasteiger partial charge in [0.05, 0.1) is 5.92 Å². The maximum absolute atomic E-state index is 13.2. The summed E-state index contributed by atoms with van der Waals surface area (Å²) in [5.74, 6) is 0.908. The van der Waals surface area contributed by atoms with Crippen LogP contribution in [0.2, 0.25) is 0 Å². The van der Waals surface area contributed by atoms with Crippen LogP contribution in [0.3, 0.4) is 0 Å². The van der Waals surface area contributed by atoms with Crippen LogP contribution in [0.15, 0.2) is 30.3 Å². The van der Waals surface area contributed by atoms with Crippen LogP contribution in [-0.2, 0) is 9.59 Å². The highest BCUT2D eigenvalue weighted by Gasteiger charge is 2.34. The Labute approximate surface area is 187 Å². The predicted octanol–water partition coefficient (Wildman–Crippen LogP) is 3.90. The Balaban J connectivity index is 1.24. The monoisotopic (exact) mass is 425 g/mol. The molecule has 2 amide bonds. The number of carbonyl (C=O) groups excluding carboxylic acids is 2. The molecular weight excluding hydrogens is 386 g/mol. The van der Waals surface area contributed by atoms with E-state index in [1.54, 1.807) is 0 Å². The Morgan fingerprint density at radius 2 is 1.48 bits per heavy atom. The van der Waals surface area contributed by atoms with Gasteiger partial charge in [-0.05, 0) is 70.0 Å². The van der Waals surface area contributed by atoms with Crippen molar-refractivity contribution in [2.75, 3.05) is 39.3 Å². The minimum Gasteiger partial charge on any atom is -0.342 e. The van der Waals surface area contributed by atoms with Crippen molar-refractivity contribution >= 4 is 11.8 Å². The van der Waals surface area contributed by atoms with Gasteiger partial charge in [0.25, 0.3) is 0 Å². The van der Waals surface area contributed by atoms with Gasteiger partial charge in [-0.25, -0.2) is 0 Å². The van der Waals surface area contributed by atoms with E-state index in [0.29, 0.717) is 11.9 Å². The molecule has 0 radical (unpaired) electrons. The second kappa shape index (κ2) is 10.6. The number of rotatable bonds is 5. The van der Waals surface area contributed by atoms with Crippen LogP contribution in [-0.4, -0.2) is 71.8 Å². The van der Waals surface area contributed by atoms with E-state index in [-0.39, 0.29) is 17.7 Å². The molecule has 3 aliphatic heterocycles. The average molecular weight is 426 g/mol. The highest BCUT2D eigenvalue weighted by Crippen LogP contribution is 2.28. The van der Waals surface area contributed by atoms with Crippen molar-refractivity contribution in [1.82, 2.24) is 14.7 Å². The lowest BCUT2D eigenvalue weighted by atomic mass is 9.91. The molecule has 5 nitrogen and oxygen atoms in total. The van der Waals surface area contributed by atoms with E-state index < -0.39 is 0 Å². The molecule has 0 aliphatic carbocycles. The number of amides is 2. The quantitative estimate of drug-likeness (QED) is 0.719. The lowest BCUT2D eigenvalue weighted by Gasteiger charge is -2.42. The van der Waals surface area contributed by atoms with E-state index in [1.165, 1.54) is 19.3 Å². The van der Waals surface area contributed by atoms with Gasteiger partial charge in [-0.1, -0.05) is 37.3 Å². The topological polar surface area (TPSA) is 43.9 Å². The first kappa shape index (κ1) is 22.3. The van der Waals surface area contributed by atoms with Crippen molar-refractivity contribution < 1.29 is 9.59 Å². The number of hydrogen-bond donors (Lipinski definition) is 0. The summed E-state index contributed by atoms with van der Waals surface area (Å²) >= 11 is 0. The van der Waals surface area contributed by atoms with Gasteiger partial charge in [0.15, 0.2) is 0 Å². The summed E-state index contributed by atoms with van der Waals surface area (Å²) in [4.78, 5) is 32.8. The molecule has 0 bridgehead atoms. The molecule has 5 heteroatoms. The largest absolute Gasteiger partial charge is 0.342 e. The third-order valence-corrected chi connectivity index (χ3v) is 7.75. The first-order chi connectivity index (χ1) is 15.2. The first-order valence-corrected chi connectivity index (χ1v) is 12.5. The van der Waals surface area contributed by atoms with Crippen LogP contribution in [0.1, 0.15) is 69.8 Å². The van der Waals surface area contributed by atoms with Crippen LogP contribution in [0, 0.1) is 5.92 Å². The number of likely N-dealkylation sites (tertiary alicyclic amines) is 3. The minimum atomic E-state index is -0.0192. The fourth-order valence-corrected chi connectivity index (χ4v) is 5.79. The second-order valence-electron chi connectivity index (χ2n) is 9.62. The van der Waals surface area contributed by atoms with Gasteiger partial charge in [0.1, 0.15) is 0 Å². The van der Waals surface area contributed by atoms with Crippen LogP contribution in [0.4, 0.5) is 0 Å². The molecule has 4 rings (SSSR count). The zero-order chi connectivity index (χ0) is 21.6. The molecule has 3 saturated heterocycles. The first-order valence-electron chi connectivity index (χ1n) is 12.5. The molecule has 170 valence electrons. The van der Waals surface area contributed by atoms with E-state index in [0.717, 1.165) is 76.9 Å². The fraction of sp³-hybridized carbons (Fsp3) is 0.692. The standard InChI is InChI=1S/C26H39N3O2/c1-2-24(21-9-5-3-6-10-21)26(31)29-19-13-23(14-20-29)27-17-11-22(12-18-27)25(30)28-15-7-4-8-16-28/h3,5-6,9-10,22-24H,2,4,7-8,11-20H2,1H3. The van der Waals surface area contributed by atoms with Gasteiger partial charge >= 0.3 is 0 Å². The van der Waals surface area contributed by atoms with Crippen LogP contribution >= 0.6 is 0 Å². The molecule has 0 N–H and O–H groups in total. The van der Waals surface area contributed by atoms with Crippen molar-refractivity contribution in [3.05, 3.63) is 35.9 Å². The van der Waals surface area contributed by atoms with Crippen LogP contribution in [0.5, 0.6) is 0 Å². The second-order valence-corrected chi connectivity index (χ2v) is 9.62. The fourth-order valence-electron chi connectivity index (χ4n) is 5.79. The van der Waals surface area contributed by atoms with E-state index >= 15 is 0 Å². The van der Waals surface area contributed by atoms with Crippen molar-refractivity contribution in [1.29, 1.82) is 0 Å². The van der Waals surface area contributed by atoms with Gasteiger partial charge in [0.2, 0.25) is 11.8 Å². The summed E-state index contributed by atoms with van der Waals surface area (Å²) in [6.07, 6.45) is 8.58. The van der Waals surface area contributed by atoms with Crippen molar-refractivity contribution in [3.63, 3.8) is 0 Å². The molecule has 3 heterocycles. The van der Waals surface area contributed by atoms with E-state index in [1.807, 2.05) is 18.2 Å². The maximum Gasteiger partial charge on any atom is 0.230 e. The van der Waals surface area contributed by atoms with E-state index in [4.69, 9.17) is 0 Å². The molecule has 0 spiro atoms. The molecule has 1 unspecified atom stereocenters. The summed E-state index contributed by atoms with van der Waals surface area (Å²) in [5, 5.41) is 0. The highest BCUT2D eigenvalue weighted by molar-refractivity contribution is 5.83. The summed E-state index contributed by atoms with van der Waals surface area (Å²) < 4.78 is 0. The summed E-state index contributed by atoms with van der Waals surface area (Å²) in [7, 11) is 0. The Kier molecular flexibility index (Phi) is 7.65. The number of hydrogen-bond acceptors (Lipinski definition) is 3. The predicted molar refractivity (Wildman–Crippen MR) is 124 cm³/mol. The molecular formula is C26H39N3O2. The molecule has 3 fully saturated rings. The van der Waals surface area contributed by atoms with Gasteiger partial charge in [0, 0.05) is 38.1 Å². The smallest absolute Gasteiger partial charge is 0.230 e. The molecule has 1 aromatic rings. The van der Waals surface area contributed by atoms with E-state index in [9.17, 15) is 9.59 Å². The third-order valence-electron chi connectivity index (χ3n) is 7.75. The van der Waals surface area contributed by atoms with Crippen LogP contribution < -0.4 is 0 Å². The van der Waals surface area contributed by atoms with Gasteiger partial charge < -0.3 is 14.7 Å². The number of benzene rings is 1. The Hall–Kier alpha value is -1.88. The lowest BCUT2D eigenvalue weighted by molar-refractivity contribution is -0.139. The van der Waals surface area contributed by atoms with Crippen molar-refractivity contribution in [2.45, 2.75) is 70.3 Å². The Morgan fingerprint density at radius 3 is 2.10 bits per heavy atom. The minimum absolute atomic E-state index is 0.0192. The summed E-state index contributed by atoms with van der Waals surface area (Å²) in [6, 6.07) is 10.8. The molecule has 3 aliphatic rings. The SMILES string of the molecule is CCC(C(=O)N1CCC(N2CCC(C(=O)N3CCCCC3)CC2)CC1)c1ccccc1. The Morgan fingerprint density at radius 1 is 0.839 bits per heavy atom. The molecule has 1 atom stereocenters. The number of piperidine rings is 3. The Bertz CT molecular complexity index is 715. The van der Waals surface area contributed by atoms with Gasteiger partial charge in [-0.3, -0.25) is 9.59 Å². The summed E-state index contributed by atoms with van der Waals surface area (Å²) in [5.41, 5.74) is 1.14. The highest BCUT2D eigenvalue weighted by atomic mass is 16.2. The normalized spacial score (nSPS) is 23.0. The van der Waals surface area contributed by atoms with E-state index in [2.05, 4.69) is 33.8 Å². The molecule has 0 saturated carbocycles. The van der Waals surface area contributed by atoms with Crippen molar-refractivity contribution in [2.24, 2.45) is 5.92 Å².